The Kier molecular flexibility index (Phi) is 39.2. The predicted molar refractivity (Wildman–Crippen MR) is 505 cm³/mol. The van der Waals surface area contributed by atoms with Gasteiger partial charge >= 0.3 is 0 Å². The Labute approximate surface area is 787 Å². The summed E-state index contributed by atoms with van der Waals surface area (Å²) in [4.78, 5) is 234. The molecule has 39 nitrogen and oxygen atoms in total. The highest BCUT2D eigenvalue weighted by molar-refractivity contribution is 7.80. The molecule has 0 spiro atoms. The number of unbranched alkanes of at least 4 members (excludes halogenated alkanes) is 2. The van der Waals surface area contributed by atoms with Crippen LogP contribution in [0.4, 0.5) is 0 Å². The van der Waals surface area contributed by atoms with E-state index in [2.05, 4.69) is 109 Å². The molecule has 15 amide bonds. The van der Waals surface area contributed by atoms with Crippen molar-refractivity contribution in [1.82, 2.24) is 84.1 Å². The molecule has 1 aliphatic carbocycles. The zero-order valence-corrected chi connectivity index (χ0v) is 77.0. The molecule has 41 heteroatoms. The van der Waals surface area contributed by atoms with Crippen LogP contribution < -0.4 is 86.0 Å². The third kappa shape index (κ3) is 30.9. The first kappa shape index (κ1) is 105. The van der Waals surface area contributed by atoms with Gasteiger partial charge < -0.3 is 115 Å². The number of carbonyl (C=O) groups is 15. The van der Waals surface area contributed by atoms with Crippen molar-refractivity contribution in [3.05, 3.63) is 196 Å². The number of nitrogens with one attached hydrogen (secondary N) is 15. The van der Waals surface area contributed by atoms with Crippen LogP contribution in [0.25, 0.3) is 44.3 Å². The lowest BCUT2D eigenvalue weighted by molar-refractivity contribution is -0.136. The quantitative estimate of drug-likeness (QED) is 0.0145. The molecule has 23 N–H and O–H groups in total. The van der Waals surface area contributed by atoms with E-state index in [0.29, 0.717) is 80.1 Å². The normalized spacial score (nSPS) is 14.2. The molecule has 1 aliphatic heterocycles. The second-order valence-corrected chi connectivity index (χ2v) is 34.4. The molecule has 720 valence electrons. The maximum atomic E-state index is 15.3. The number of H-pyrrole nitrogens is 2. The fourth-order valence-corrected chi connectivity index (χ4v) is 15.5. The third-order valence-corrected chi connectivity index (χ3v) is 22.8. The number of phenols is 2. The summed E-state index contributed by atoms with van der Waals surface area (Å²) in [5.74, 6) is -14.8. The number of rotatable bonds is 51. The van der Waals surface area contributed by atoms with Crippen molar-refractivity contribution in [2.45, 2.75) is 197 Å². The van der Waals surface area contributed by atoms with Crippen molar-refractivity contribution in [1.29, 1.82) is 0 Å². The van der Waals surface area contributed by atoms with Gasteiger partial charge in [-0.05, 0) is 129 Å². The molecule has 0 fully saturated rings. The van der Waals surface area contributed by atoms with E-state index in [0.717, 1.165) is 0 Å². The van der Waals surface area contributed by atoms with E-state index in [1.54, 1.807) is 111 Å². The highest BCUT2D eigenvalue weighted by Crippen LogP contribution is 2.42. The van der Waals surface area contributed by atoms with Gasteiger partial charge in [0.2, 0.25) is 82.7 Å². The number of aromatic amines is 2. The molecule has 3 heterocycles. The minimum atomic E-state index is -1.74. The van der Waals surface area contributed by atoms with Crippen molar-refractivity contribution < 1.29 is 96.8 Å². The number of benzene rings is 6. The molecule has 0 radical (unpaired) electrons. The number of carbonyl (C=O) groups excluding carboxylic acids is 15. The molecule has 2 aliphatic rings. The average molecular weight is 1900 g/mol. The van der Waals surface area contributed by atoms with Crippen LogP contribution in [0, 0.1) is 11.8 Å². The number of hydrogen-bond donors (Lipinski definition) is 23. The average Bonchev–Trinajstić information content (AvgIpc) is 1.04. The van der Waals surface area contributed by atoms with E-state index >= 15 is 9.59 Å². The van der Waals surface area contributed by atoms with E-state index in [4.69, 9.17) is 15.9 Å². The van der Waals surface area contributed by atoms with Gasteiger partial charge in [0.1, 0.15) is 95.3 Å². The smallest absolute Gasteiger partial charge is 0.251 e. The zero-order valence-electron chi connectivity index (χ0n) is 75.2. The molecule has 7 aromatic rings. The molecular formula is C94H116N18O21S2. The Bertz CT molecular complexity index is 5700. The summed E-state index contributed by atoms with van der Waals surface area (Å²) in [6, 6.07) is 18.3. The van der Waals surface area contributed by atoms with Crippen LogP contribution in [0.3, 0.4) is 0 Å². The summed E-state index contributed by atoms with van der Waals surface area (Å²) >= 11 is 8.58. The summed E-state index contributed by atoms with van der Waals surface area (Å²) in [5.41, 5.74) is 15.1. The van der Waals surface area contributed by atoms with Crippen LogP contribution >= 0.6 is 25.3 Å². The van der Waals surface area contributed by atoms with Crippen molar-refractivity contribution in [3.63, 3.8) is 0 Å². The van der Waals surface area contributed by atoms with Crippen molar-refractivity contribution >= 4 is 136 Å². The van der Waals surface area contributed by atoms with Gasteiger partial charge in [0.15, 0.2) is 5.43 Å². The lowest BCUT2D eigenvalue weighted by Gasteiger charge is -2.28. The standard InChI is InChI=1S/C94H116N18O21S2/c1-49(2)35-67(102-79(119)23-11-8-16-34-98-84(122)62-21-13-12-20-61(62)80-63-30-28-58(116)41-76(63)133-77-42-59(117)29-31-64(77)80)91(129)112-81(52(6)114)94(132)108-70(37-53-17-9-7-10-18-53)89(127)111-74(46-134)92(130)107-72(40-56-44-97-48-100-56)90(128)105-69(38-54-24-26-57(115)27-25-54)88(126)106-71(39-55-43-99-65-22-15-14-19-60(55)65)86(124)101-51(5)83(121)103-66(32-33-78(95)118)85(123)104-68(36-50(3)4)87(125)110-75(47-135)93(131)109-73(45-113)82(96)120/h7,9-10,12-15,17-22,24-31,41-44,48-52,66-75,81,99,113-116,134-135H,8,11,16,23,32-40,45-47H2,1-6H3,(H2,95,118)(H2,96,120)(H,97,100)(H,98,122)(H,101,124)(H,102,119)(H,103,121)(H,104,123)(H,105,128)(H,106,126)(H,107,130)(H,108,132)(H,109,131)(H,110,125)(H,111,127)(H,112,129)/t51-,52+,66-,67-,68-,69-,70-,71-,72-,73-,74-,75-,81-/m0/s1. The Balaban J connectivity index is 0.863. The predicted octanol–water partition coefficient (Wildman–Crippen LogP) is 1.35. The maximum absolute atomic E-state index is 15.3. The van der Waals surface area contributed by atoms with Crippen LogP contribution in [0.5, 0.6) is 11.5 Å². The fourth-order valence-electron chi connectivity index (χ4n) is 14.9. The summed E-state index contributed by atoms with van der Waals surface area (Å²) in [6.45, 7) is 8.90. The maximum Gasteiger partial charge on any atom is 0.251 e. The van der Waals surface area contributed by atoms with Gasteiger partial charge in [-0.3, -0.25) is 76.7 Å². The number of aromatic hydroxyl groups is 2. The van der Waals surface area contributed by atoms with Crippen LogP contribution in [0.15, 0.2) is 167 Å². The van der Waals surface area contributed by atoms with Crippen LogP contribution in [-0.4, -0.2) is 227 Å². The Hall–Kier alpha value is -14.2. The van der Waals surface area contributed by atoms with E-state index in [1.165, 1.54) is 74.9 Å². The topological polar surface area (TPSA) is 620 Å². The zero-order chi connectivity index (χ0) is 98.3. The molecule has 0 unspecified atom stereocenters. The number of amides is 15. The van der Waals surface area contributed by atoms with Crippen LogP contribution in [0.1, 0.15) is 126 Å². The number of aliphatic hydroxyl groups excluding tert-OH is 2. The van der Waals surface area contributed by atoms with Crippen molar-refractivity contribution in [2.24, 2.45) is 23.3 Å². The molecule has 2 aromatic heterocycles. The number of aliphatic hydroxyl groups is 2. The van der Waals surface area contributed by atoms with Crippen LogP contribution in [-0.2, 0) is 92.8 Å². The van der Waals surface area contributed by atoms with Gasteiger partial charge in [0, 0.05) is 120 Å². The van der Waals surface area contributed by atoms with Crippen molar-refractivity contribution in [3.8, 4) is 33.9 Å². The monoisotopic (exact) mass is 1900 g/mol. The molecule has 5 aromatic carbocycles. The summed E-state index contributed by atoms with van der Waals surface area (Å²) < 4.78 is 6.01. The summed E-state index contributed by atoms with van der Waals surface area (Å²) in [6.07, 6.45) is 1.82. The van der Waals surface area contributed by atoms with Gasteiger partial charge in [-0.25, -0.2) is 4.98 Å². The number of phenolic OH excluding ortho intramolecular Hbond substituents is 2. The number of thiol groups is 2. The summed E-state index contributed by atoms with van der Waals surface area (Å²) in [7, 11) is 0. The first-order valence-corrected chi connectivity index (χ1v) is 45.3. The van der Waals surface area contributed by atoms with E-state index in [9.17, 15) is 87.5 Å². The van der Waals surface area contributed by atoms with Gasteiger partial charge in [-0.2, -0.15) is 25.3 Å². The SMILES string of the molecule is CC(C)C[C@H](NC(=O)CCCCCNC(=O)c1ccccc1-c1c2ccc(=O)cc-2oc2cc(O)ccc12)C(=O)N[C@H](C(=O)N[C@@H](Cc1ccccc1)C(=O)N[C@@H](CS)C(=O)N[C@@H](Cc1cnc[nH]1)C(=O)N[C@@H](Cc1ccc(O)cc1)C(=O)N[C@@H](Cc1c[nH]c2ccccc12)C(=O)N[C@@H](C)C(=O)N[C@@H](CCC(N)=O)C(=O)N[C@@H](CC(C)C)C(=O)N[C@@H](CS)C(=O)N[C@@H](CO)C(N)=O)[C@@H](C)O. The lowest BCUT2D eigenvalue weighted by Crippen LogP contribution is -2.62. The number of fused-ring (bicyclic) bond motifs is 3. The first-order valence-electron chi connectivity index (χ1n) is 44.0. The number of imidazole rings is 1. The highest BCUT2D eigenvalue weighted by Gasteiger charge is 2.39. The minimum Gasteiger partial charge on any atom is -0.508 e. The second-order valence-electron chi connectivity index (χ2n) is 33.7. The molecule has 0 saturated heterocycles. The summed E-state index contributed by atoms with van der Waals surface area (Å²) in [5, 5.41) is 76.6. The second kappa shape index (κ2) is 50.6. The Morgan fingerprint density at radius 2 is 0.985 bits per heavy atom. The molecule has 9 rings (SSSR count). The van der Waals surface area contributed by atoms with E-state index in [1.807, 2.05) is 13.8 Å². The lowest BCUT2D eigenvalue weighted by atomic mass is 9.90. The van der Waals surface area contributed by atoms with Gasteiger partial charge in [0.25, 0.3) is 5.91 Å². The van der Waals surface area contributed by atoms with Gasteiger partial charge in [-0.1, -0.05) is 113 Å². The van der Waals surface area contributed by atoms with Crippen molar-refractivity contribution in [2.75, 3.05) is 24.7 Å². The highest BCUT2D eigenvalue weighted by atomic mass is 32.1. The van der Waals surface area contributed by atoms with Crippen LogP contribution in [0.2, 0.25) is 0 Å². The number of hydrogen-bond acceptors (Lipinski definition) is 24. The number of primary amides is 2. The first-order chi connectivity index (χ1) is 64.4. The Morgan fingerprint density at radius 1 is 0.467 bits per heavy atom. The van der Waals surface area contributed by atoms with Gasteiger partial charge in [0.05, 0.1) is 19.0 Å². The van der Waals surface area contributed by atoms with Gasteiger partial charge in [-0.15, -0.1) is 0 Å². The molecule has 135 heavy (non-hydrogen) atoms. The van der Waals surface area contributed by atoms with E-state index < -0.39 is 187 Å². The fraction of sp³-hybridized carbons (Fsp3) is 0.394. The molecule has 0 saturated carbocycles. The molecule has 0 bridgehead atoms. The minimum absolute atomic E-state index is 0.0356. The Morgan fingerprint density at radius 3 is 1.59 bits per heavy atom. The number of nitrogens with zero attached hydrogens (tertiary/aromatic N) is 1. The largest absolute Gasteiger partial charge is 0.508 e. The molecular weight excluding hydrogens is 1780 g/mol. The number of aromatic nitrogens is 3. The number of nitrogens with two attached hydrogens (primary N) is 2. The third-order valence-electron chi connectivity index (χ3n) is 22.1. The number of para-hydroxylation sites is 1. The van der Waals surface area contributed by atoms with E-state index in [-0.39, 0.29) is 103 Å². The molecule has 13 atom stereocenters.